The van der Waals surface area contributed by atoms with Crippen LogP contribution in [0.2, 0.25) is 0 Å². The van der Waals surface area contributed by atoms with Gasteiger partial charge in [-0.2, -0.15) is 0 Å². The van der Waals surface area contributed by atoms with Crippen molar-refractivity contribution in [1.29, 1.82) is 0 Å². The lowest BCUT2D eigenvalue weighted by atomic mass is 10.1. The molecule has 2 N–H and O–H groups in total. The Morgan fingerprint density at radius 3 is 2.38 bits per heavy atom. The number of carbonyl (C=O) groups excluding carboxylic acids is 1. The van der Waals surface area contributed by atoms with Gasteiger partial charge in [0.1, 0.15) is 10.8 Å². The number of thiocarbonyl (C=S) groups is 1. The van der Waals surface area contributed by atoms with Crippen LogP contribution >= 0.6 is 12.2 Å². The first-order valence-electron chi connectivity index (χ1n) is 6.99. The predicted molar refractivity (Wildman–Crippen MR) is 95.0 cm³/mol. The second-order valence-corrected chi connectivity index (χ2v) is 7.41. The summed E-state index contributed by atoms with van der Waals surface area (Å²) in [5.41, 5.74) is 5.66. The number of nitrogens with zero attached hydrogens (tertiary/aromatic N) is 1. The number of hydrogen-bond donors (Lipinski definition) is 1. The fourth-order valence-corrected chi connectivity index (χ4v) is 3.33. The predicted octanol–water partition coefficient (Wildman–Crippen LogP) is 2.46. The monoisotopic (exact) mass is 366 g/mol. The molecule has 2 aromatic carbocycles. The van der Waals surface area contributed by atoms with E-state index in [2.05, 4.69) is 0 Å². The van der Waals surface area contributed by atoms with E-state index in [1.54, 1.807) is 18.2 Å². The Bertz CT molecular complexity index is 883. The Balaban J connectivity index is 2.70. The van der Waals surface area contributed by atoms with Crippen molar-refractivity contribution in [3.8, 4) is 0 Å². The number of sulfonamides is 1. The highest BCUT2D eigenvalue weighted by molar-refractivity contribution is 7.93. The van der Waals surface area contributed by atoms with Gasteiger partial charge in [-0.1, -0.05) is 30.4 Å². The third-order valence-electron chi connectivity index (χ3n) is 3.29. The molecular formula is C16H15FN2O3S2. The van der Waals surface area contributed by atoms with E-state index in [4.69, 9.17) is 18.0 Å². The second-order valence-electron chi connectivity index (χ2n) is 4.86. The fourth-order valence-electron chi connectivity index (χ4n) is 2.10. The molecule has 0 atom stereocenters. The lowest BCUT2D eigenvalue weighted by Gasteiger charge is -2.24. The molecule has 0 unspecified atom stereocenters. The van der Waals surface area contributed by atoms with Crippen LogP contribution in [0.25, 0.3) is 0 Å². The molecular weight excluding hydrogens is 351 g/mol. The zero-order valence-electron chi connectivity index (χ0n) is 12.8. The highest BCUT2D eigenvalue weighted by Crippen LogP contribution is 2.27. The minimum Gasteiger partial charge on any atom is -0.389 e. The number of amides is 1. The Morgan fingerprint density at radius 2 is 1.83 bits per heavy atom. The average Bonchev–Trinajstić information content (AvgIpc) is 2.56. The molecule has 2 rings (SSSR count). The highest BCUT2D eigenvalue weighted by atomic mass is 32.2. The van der Waals surface area contributed by atoms with Crippen molar-refractivity contribution in [3.63, 3.8) is 0 Å². The first kappa shape index (κ1) is 18.0. The third kappa shape index (κ3) is 3.60. The van der Waals surface area contributed by atoms with Gasteiger partial charge in [0.05, 0.1) is 11.4 Å². The molecule has 0 aliphatic carbocycles. The molecule has 0 aromatic heterocycles. The van der Waals surface area contributed by atoms with E-state index < -0.39 is 21.7 Å². The Labute approximate surface area is 144 Å². The van der Waals surface area contributed by atoms with Crippen LogP contribution in [-0.2, 0) is 10.0 Å². The van der Waals surface area contributed by atoms with Crippen molar-refractivity contribution >= 4 is 38.8 Å². The van der Waals surface area contributed by atoms with Crippen LogP contribution in [-0.4, -0.2) is 25.1 Å². The van der Waals surface area contributed by atoms with Crippen molar-refractivity contribution in [2.24, 2.45) is 5.73 Å². The van der Waals surface area contributed by atoms with Crippen LogP contribution < -0.4 is 10.0 Å². The maximum absolute atomic E-state index is 13.5. The molecule has 2 aromatic rings. The van der Waals surface area contributed by atoms with Crippen molar-refractivity contribution in [3.05, 3.63) is 65.5 Å². The number of anilines is 1. The smallest absolute Gasteiger partial charge is 0.272 e. The summed E-state index contributed by atoms with van der Waals surface area (Å²) >= 11 is 4.87. The molecule has 126 valence electrons. The molecule has 24 heavy (non-hydrogen) atoms. The molecule has 0 aliphatic heterocycles. The number of benzene rings is 2. The van der Waals surface area contributed by atoms with Crippen LogP contribution in [0.15, 0.2) is 48.5 Å². The molecule has 0 spiro atoms. The number of nitrogens with two attached hydrogens (primary N) is 1. The quantitative estimate of drug-likeness (QED) is 0.822. The van der Waals surface area contributed by atoms with Gasteiger partial charge in [-0.05, 0) is 37.3 Å². The van der Waals surface area contributed by atoms with Crippen molar-refractivity contribution in [2.75, 3.05) is 10.1 Å². The van der Waals surface area contributed by atoms with Crippen LogP contribution in [0.1, 0.15) is 22.8 Å². The molecule has 0 radical (unpaired) electrons. The molecule has 8 heteroatoms. The normalized spacial score (nSPS) is 11.1. The minimum absolute atomic E-state index is 0.0219. The number of hydrogen-bond acceptors (Lipinski definition) is 4. The van der Waals surface area contributed by atoms with E-state index in [1.807, 2.05) is 0 Å². The SMILES string of the molecule is CCS(=O)(=O)N(C(=O)c1ccccc1)c1ccc(F)cc1C(N)=S. The first-order chi connectivity index (χ1) is 11.3. The summed E-state index contributed by atoms with van der Waals surface area (Å²) in [6, 6.07) is 11.1. The summed E-state index contributed by atoms with van der Waals surface area (Å²) in [6.45, 7) is 1.41. The van der Waals surface area contributed by atoms with Crippen molar-refractivity contribution in [1.82, 2.24) is 0 Å². The molecule has 0 bridgehead atoms. The average molecular weight is 366 g/mol. The van der Waals surface area contributed by atoms with Crippen molar-refractivity contribution in [2.45, 2.75) is 6.92 Å². The van der Waals surface area contributed by atoms with E-state index >= 15 is 0 Å². The second kappa shape index (κ2) is 7.06. The van der Waals surface area contributed by atoms with E-state index in [0.29, 0.717) is 4.31 Å². The molecule has 0 saturated carbocycles. The summed E-state index contributed by atoms with van der Waals surface area (Å²) < 4.78 is 39.1. The van der Waals surface area contributed by atoms with E-state index in [9.17, 15) is 17.6 Å². The number of carbonyl (C=O) groups is 1. The van der Waals surface area contributed by atoms with Gasteiger partial charge in [0.25, 0.3) is 5.91 Å². The zero-order chi connectivity index (χ0) is 17.9. The summed E-state index contributed by atoms with van der Waals surface area (Å²) in [5, 5.41) is 0. The minimum atomic E-state index is -3.98. The van der Waals surface area contributed by atoms with E-state index in [-0.39, 0.29) is 27.6 Å². The van der Waals surface area contributed by atoms with Gasteiger partial charge in [0, 0.05) is 11.1 Å². The van der Waals surface area contributed by atoms with Crippen LogP contribution in [0.4, 0.5) is 10.1 Å². The third-order valence-corrected chi connectivity index (χ3v) is 5.16. The lowest BCUT2D eigenvalue weighted by molar-refractivity contribution is 0.101. The van der Waals surface area contributed by atoms with Gasteiger partial charge in [-0.3, -0.25) is 4.79 Å². The Hall–Kier alpha value is -2.32. The standard InChI is InChI=1S/C16H15FN2O3S2/c1-2-24(21,22)19(16(20)11-6-4-3-5-7-11)14-9-8-12(17)10-13(14)15(18)23/h3-10H,2H2,1H3,(H2,18,23). The first-order valence-corrected chi connectivity index (χ1v) is 9.01. The van der Waals surface area contributed by atoms with Crippen molar-refractivity contribution < 1.29 is 17.6 Å². The van der Waals surface area contributed by atoms with Gasteiger partial charge in [-0.25, -0.2) is 17.1 Å². The molecule has 0 aliphatic rings. The van der Waals surface area contributed by atoms with E-state index in [0.717, 1.165) is 12.1 Å². The van der Waals surface area contributed by atoms with Gasteiger partial charge < -0.3 is 5.73 Å². The Kier molecular flexibility index (Phi) is 5.30. The van der Waals surface area contributed by atoms with Gasteiger partial charge in [0.15, 0.2) is 0 Å². The summed E-state index contributed by atoms with van der Waals surface area (Å²) in [6.07, 6.45) is 0. The Morgan fingerprint density at radius 1 is 1.21 bits per heavy atom. The van der Waals surface area contributed by atoms with E-state index in [1.165, 1.54) is 25.1 Å². The maximum atomic E-state index is 13.5. The zero-order valence-corrected chi connectivity index (χ0v) is 14.4. The number of rotatable bonds is 5. The summed E-state index contributed by atoms with van der Waals surface area (Å²) in [7, 11) is -3.98. The highest BCUT2D eigenvalue weighted by Gasteiger charge is 2.31. The molecule has 1 amide bonds. The van der Waals surface area contributed by atoms with Gasteiger partial charge in [-0.15, -0.1) is 0 Å². The summed E-state index contributed by atoms with van der Waals surface area (Å²) in [5.74, 6) is -1.72. The maximum Gasteiger partial charge on any atom is 0.272 e. The largest absolute Gasteiger partial charge is 0.389 e. The number of halogens is 1. The van der Waals surface area contributed by atoms with Crippen LogP contribution in [0, 0.1) is 5.82 Å². The molecule has 0 fully saturated rings. The van der Waals surface area contributed by atoms with Gasteiger partial charge >= 0.3 is 0 Å². The fraction of sp³-hybridized carbons (Fsp3) is 0.125. The lowest BCUT2D eigenvalue weighted by Crippen LogP contribution is -2.39. The molecule has 5 nitrogen and oxygen atoms in total. The topological polar surface area (TPSA) is 80.5 Å². The summed E-state index contributed by atoms with van der Waals surface area (Å²) in [4.78, 5) is 12.6. The molecule has 0 saturated heterocycles. The molecule has 0 heterocycles. The van der Waals surface area contributed by atoms with Crippen LogP contribution in [0.5, 0.6) is 0 Å². The van der Waals surface area contributed by atoms with Crippen LogP contribution in [0.3, 0.4) is 0 Å². The van der Waals surface area contributed by atoms with Gasteiger partial charge in [0.2, 0.25) is 10.0 Å².